The molecule has 0 aliphatic heterocycles. The minimum atomic E-state index is 0.481. The smallest absolute Gasteiger partial charge is 0.0614 e. The largest absolute Gasteiger partial charge is 0.382 e. The molecule has 1 aromatic rings. The zero-order valence-corrected chi connectivity index (χ0v) is 10.4. The van der Waals surface area contributed by atoms with Crippen LogP contribution in [0.25, 0.3) is 0 Å². The van der Waals surface area contributed by atoms with Crippen LogP contribution in [0.2, 0.25) is 0 Å². The van der Waals surface area contributed by atoms with Crippen LogP contribution in [0.15, 0.2) is 18.2 Å². The van der Waals surface area contributed by atoms with Crippen molar-refractivity contribution in [3.8, 4) is 0 Å². The van der Waals surface area contributed by atoms with Gasteiger partial charge < -0.3 is 10.1 Å². The molecule has 1 fully saturated rings. The lowest BCUT2D eigenvalue weighted by Crippen LogP contribution is -2.40. The van der Waals surface area contributed by atoms with Crippen LogP contribution in [0, 0.1) is 13.8 Å². The quantitative estimate of drug-likeness (QED) is 0.839. The molecule has 0 atom stereocenters. The summed E-state index contributed by atoms with van der Waals surface area (Å²) in [5, 5.41) is 3.55. The highest BCUT2D eigenvalue weighted by atomic mass is 16.5. The van der Waals surface area contributed by atoms with Crippen LogP contribution in [0.3, 0.4) is 0 Å². The van der Waals surface area contributed by atoms with Crippen molar-refractivity contribution in [1.29, 1.82) is 0 Å². The molecule has 0 radical (unpaired) electrons. The van der Waals surface area contributed by atoms with E-state index in [1.807, 2.05) is 0 Å². The lowest BCUT2D eigenvalue weighted by Gasteiger charge is -2.36. The fourth-order valence-electron chi connectivity index (χ4n) is 2.12. The summed E-state index contributed by atoms with van der Waals surface area (Å²) in [5.74, 6) is 0. The molecule has 0 heterocycles. The van der Waals surface area contributed by atoms with Gasteiger partial charge in [0.1, 0.15) is 0 Å². The van der Waals surface area contributed by atoms with E-state index in [9.17, 15) is 0 Å². The number of anilines is 1. The van der Waals surface area contributed by atoms with E-state index in [1.54, 1.807) is 0 Å². The molecule has 1 aromatic carbocycles. The van der Waals surface area contributed by atoms with E-state index in [0.717, 1.165) is 19.4 Å². The first kappa shape index (κ1) is 11.5. The second-order valence-corrected chi connectivity index (χ2v) is 4.69. The normalized spacial score (nSPS) is 23.9. The summed E-state index contributed by atoms with van der Waals surface area (Å²) in [6.07, 6.45) is 2.76. The molecule has 88 valence electrons. The Kier molecular flexibility index (Phi) is 3.49. The van der Waals surface area contributed by atoms with Crippen molar-refractivity contribution in [3.05, 3.63) is 29.3 Å². The van der Waals surface area contributed by atoms with Crippen molar-refractivity contribution >= 4 is 5.69 Å². The number of benzene rings is 1. The van der Waals surface area contributed by atoms with E-state index in [1.165, 1.54) is 16.8 Å². The molecule has 2 rings (SSSR count). The maximum Gasteiger partial charge on any atom is 0.0614 e. The van der Waals surface area contributed by atoms with Gasteiger partial charge in [0, 0.05) is 18.3 Å². The van der Waals surface area contributed by atoms with Crippen LogP contribution in [0.4, 0.5) is 5.69 Å². The molecule has 2 heteroatoms. The molecular weight excluding hydrogens is 198 g/mol. The van der Waals surface area contributed by atoms with Gasteiger partial charge in [0.15, 0.2) is 0 Å². The third kappa shape index (κ3) is 2.56. The summed E-state index contributed by atoms with van der Waals surface area (Å²) in [4.78, 5) is 0. The van der Waals surface area contributed by atoms with Gasteiger partial charge in [-0.2, -0.15) is 0 Å². The van der Waals surface area contributed by atoms with Crippen LogP contribution in [0.5, 0.6) is 0 Å². The fraction of sp³-hybridized carbons (Fsp3) is 0.571. The van der Waals surface area contributed by atoms with Crippen molar-refractivity contribution in [2.75, 3.05) is 11.9 Å². The maximum absolute atomic E-state index is 5.55. The van der Waals surface area contributed by atoms with Crippen molar-refractivity contribution in [2.24, 2.45) is 0 Å². The van der Waals surface area contributed by atoms with Gasteiger partial charge >= 0.3 is 0 Å². The summed E-state index contributed by atoms with van der Waals surface area (Å²) >= 11 is 0. The molecule has 1 N–H and O–H groups in total. The van der Waals surface area contributed by atoms with Gasteiger partial charge in [-0.05, 0) is 56.9 Å². The average Bonchev–Trinajstić information content (AvgIpc) is 2.20. The topological polar surface area (TPSA) is 21.3 Å². The molecule has 0 saturated heterocycles. The first-order valence-corrected chi connectivity index (χ1v) is 6.14. The Morgan fingerprint density at radius 1 is 1.25 bits per heavy atom. The van der Waals surface area contributed by atoms with Crippen molar-refractivity contribution < 1.29 is 4.74 Å². The SMILES string of the molecule is CCOC1CC(Nc2ccc(C)c(C)c2)C1. The molecule has 0 amide bonds. The van der Waals surface area contributed by atoms with Crippen LogP contribution in [-0.4, -0.2) is 18.8 Å². The van der Waals surface area contributed by atoms with E-state index >= 15 is 0 Å². The highest BCUT2D eigenvalue weighted by molar-refractivity contribution is 5.49. The van der Waals surface area contributed by atoms with Crippen molar-refractivity contribution in [3.63, 3.8) is 0 Å². The summed E-state index contributed by atoms with van der Waals surface area (Å²) in [6.45, 7) is 7.20. The first-order valence-electron chi connectivity index (χ1n) is 6.14. The molecule has 1 aliphatic rings. The number of aryl methyl sites for hydroxylation is 2. The Labute approximate surface area is 98.0 Å². The van der Waals surface area contributed by atoms with Crippen LogP contribution in [-0.2, 0) is 4.74 Å². The van der Waals surface area contributed by atoms with E-state index in [-0.39, 0.29) is 0 Å². The molecule has 0 unspecified atom stereocenters. The number of nitrogens with one attached hydrogen (secondary N) is 1. The molecule has 0 aromatic heterocycles. The number of hydrogen-bond donors (Lipinski definition) is 1. The molecule has 1 aliphatic carbocycles. The molecule has 0 spiro atoms. The Morgan fingerprint density at radius 3 is 2.62 bits per heavy atom. The standard InChI is InChI=1S/C14H21NO/c1-4-16-14-8-13(9-14)15-12-6-5-10(2)11(3)7-12/h5-7,13-15H,4,8-9H2,1-3H3. The van der Waals surface area contributed by atoms with Gasteiger partial charge in [-0.1, -0.05) is 6.07 Å². The lowest BCUT2D eigenvalue weighted by molar-refractivity contribution is 0.00299. The second-order valence-electron chi connectivity index (χ2n) is 4.69. The van der Waals surface area contributed by atoms with Crippen molar-refractivity contribution in [2.45, 2.75) is 45.8 Å². The summed E-state index contributed by atoms with van der Waals surface area (Å²) in [7, 11) is 0. The predicted octanol–water partition coefficient (Wildman–Crippen LogP) is 3.28. The Morgan fingerprint density at radius 2 is 2.00 bits per heavy atom. The Hall–Kier alpha value is -1.02. The minimum Gasteiger partial charge on any atom is -0.382 e. The minimum absolute atomic E-state index is 0.481. The maximum atomic E-state index is 5.55. The predicted molar refractivity (Wildman–Crippen MR) is 68.0 cm³/mol. The van der Waals surface area contributed by atoms with Gasteiger partial charge in [-0.15, -0.1) is 0 Å². The number of rotatable bonds is 4. The molecule has 0 bridgehead atoms. The first-order chi connectivity index (χ1) is 7.69. The zero-order chi connectivity index (χ0) is 11.5. The van der Waals surface area contributed by atoms with Gasteiger partial charge in [0.2, 0.25) is 0 Å². The van der Waals surface area contributed by atoms with Gasteiger partial charge in [0.05, 0.1) is 6.10 Å². The molecular formula is C14H21NO. The molecule has 2 nitrogen and oxygen atoms in total. The number of hydrogen-bond acceptors (Lipinski definition) is 2. The van der Waals surface area contributed by atoms with Gasteiger partial charge in [-0.3, -0.25) is 0 Å². The highest BCUT2D eigenvalue weighted by Crippen LogP contribution is 2.27. The summed E-state index contributed by atoms with van der Waals surface area (Å²) in [5.41, 5.74) is 3.94. The highest BCUT2D eigenvalue weighted by Gasteiger charge is 2.29. The van der Waals surface area contributed by atoms with E-state index in [2.05, 4.69) is 44.3 Å². The average molecular weight is 219 g/mol. The van der Waals surface area contributed by atoms with Gasteiger partial charge in [0.25, 0.3) is 0 Å². The monoisotopic (exact) mass is 219 g/mol. The molecule has 16 heavy (non-hydrogen) atoms. The third-order valence-electron chi connectivity index (χ3n) is 3.37. The number of ether oxygens (including phenoxy) is 1. The zero-order valence-electron chi connectivity index (χ0n) is 10.4. The van der Waals surface area contributed by atoms with Crippen LogP contribution in [0.1, 0.15) is 30.9 Å². The van der Waals surface area contributed by atoms with Crippen LogP contribution < -0.4 is 5.32 Å². The van der Waals surface area contributed by atoms with E-state index in [0.29, 0.717) is 12.1 Å². The van der Waals surface area contributed by atoms with Crippen molar-refractivity contribution in [1.82, 2.24) is 0 Å². The second kappa shape index (κ2) is 4.88. The summed E-state index contributed by atoms with van der Waals surface area (Å²) in [6, 6.07) is 7.16. The fourth-order valence-corrected chi connectivity index (χ4v) is 2.12. The Balaban J connectivity index is 1.84. The summed E-state index contributed by atoms with van der Waals surface area (Å²) < 4.78 is 5.55. The van der Waals surface area contributed by atoms with Gasteiger partial charge in [-0.25, -0.2) is 0 Å². The lowest BCUT2D eigenvalue weighted by atomic mass is 9.89. The van der Waals surface area contributed by atoms with E-state index < -0.39 is 0 Å². The van der Waals surface area contributed by atoms with Crippen LogP contribution >= 0.6 is 0 Å². The van der Waals surface area contributed by atoms with E-state index in [4.69, 9.17) is 4.74 Å². The third-order valence-corrected chi connectivity index (χ3v) is 3.37. The molecule has 1 saturated carbocycles. The Bertz CT molecular complexity index is 356.